The van der Waals surface area contributed by atoms with Gasteiger partial charge in [-0.25, -0.2) is 4.98 Å². The average Bonchev–Trinajstić information content (AvgIpc) is 2.64. The van der Waals surface area contributed by atoms with Crippen molar-refractivity contribution in [1.82, 2.24) is 9.97 Å². The van der Waals surface area contributed by atoms with E-state index in [4.69, 9.17) is 10.5 Å². The van der Waals surface area contributed by atoms with Gasteiger partial charge in [-0.2, -0.15) is 0 Å². The number of aryl methyl sites for hydroxylation is 2. The van der Waals surface area contributed by atoms with E-state index < -0.39 is 0 Å². The summed E-state index contributed by atoms with van der Waals surface area (Å²) in [6.07, 6.45) is 0. The Bertz CT molecular complexity index is 600. The molecule has 0 fully saturated rings. The summed E-state index contributed by atoms with van der Waals surface area (Å²) in [4.78, 5) is 7.40. The number of nitrogens with zero attached hydrogens (tertiary/aromatic N) is 1. The highest BCUT2D eigenvalue weighted by Gasteiger charge is 2.15. The Kier molecular flexibility index (Phi) is 3.03. The molecule has 18 heavy (non-hydrogen) atoms. The third-order valence-corrected chi connectivity index (χ3v) is 3.39. The van der Waals surface area contributed by atoms with Crippen LogP contribution < -0.4 is 10.5 Å². The molecule has 0 saturated carbocycles. The normalized spacial score (nSPS) is 10.7. The maximum Gasteiger partial charge on any atom is 0.198 e. The molecule has 1 aromatic carbocycles. The second kappa shape index (κ2) is 4.37. The summed E-state index contributed by atoms with van der Waals surface area (Å²) in [6, 6.07) is 2.10. The number of anilines is 1. The fourth-order valence-electron chi connectivity index (χ4n) is 2.36. The van der Waals surface area contributed by atoms with Gasteiger partial charge in [0, 0.05) is 11.3 Å². The van der Waals surface area contributed by atoms with Gasteiger partial charge >= 0.3 is 0 Å². The van der Waals surface area contributed by atoms with Crippen molar-refractivity contribution in [3.8, 4) is 17.0 Å². The number of aromatic amines is 1. The molecular formula is C14H19N3O. The zero-order chi connectivity index (χ0) is 13.4. The molecule has 96 valence electrons. The van der Waals surface area contributed by atoms with Gasteiger partial charge < -0.3 is 15.5 Å². The Morgan fingerprint density at radius 2 is 1.83 bits per heavy atom. The third-order valence-electron chi connectivity index (χ3n) is 3.39. The molecule has 0 aliphatic carbocycles. The van der Waals surface area contributed by atoms with Gasteiger partial charge in [-0.05, 0) is 50.5 Å². The number of ether oxygens (including phenoxy) is 1. The molecule has 0 unspecified atom stereocenters. The number of benzene rings is 1. The third kappa shape index (κ3) is 1.83. The smallest absolute Gasteiger partial charge is 0.198 e. The van der Waals surface area contributed by atoms with Crippen LogP contribution >= 0.6 is 0 Å². The quantitative estimate of drug-likeness (QED) is 0.855. The largest absolute Gasteiger partial charge is 0.496 e. The van der Waals surface area contributed by atoms with Crippen LogP contribution in [-0.4, -0.2) is 17.1 Å². The molecule has 1 aromatic heterocycles. The summed E-state index contributed by atoms with van der Waals surface area (Å²) in [7, 11) is 1.70. The Hall–Kier alpha value is -1.97. The molecule has 4 heteroatoms. The van der Waals surface area contributed by atoms with Gasteiger partial charge in [0.25, 0.3) is 0 Å². The van der Waals surface area contributed by atoms with Crippen molar-refractivity contribution in [3.63, 3.8) is 0 Å². The predicted molar refractivity (Wildman–Crippen MR) is 73.9 cm³/mol. The second-order valence-electron chi connectivity index (χ2n) is 4.62. The average molecular weight is 245 g/mol. The van der Waals surface area contributed by atoms with Crippen molar-refractivity contribution < 1.29 is 4.74 Å². The van der Waals surface area contributed by atoms with Crippen molar-refractivity contribution in [3.05, 3.63) is 28.5 Å². The molecule has 0 saturated heterocycles. The highest BCUT2D eigenvalue weighted by atomic mass is 16.5. The SMILES string of the molecule is COc1c(C)cc(-c2nc(N)[nH]c2C)c(C)c1C. The monoisotopic (exact) mass is 245 g/mol. The summed E-state index contributed by atoms with van der Waals surface area (Å²) >= 11 is 0. The second-order valence-corrected chi connectivity index (χ2v) is 4.62. The van der Waals surface area contributed by atoms with E-state index in [0.717, 1.165) is 33.8 Å². The van der Waals surface area contributed by atoms with Crippen LogP contribution in [0.4, 0.5) is 5.95 Å². The van der Waals surface area contributed by atoms with Crippen LogP contribution in [0.15, 0.2) is 6.07 Å². The number of aromatic nitrogens is 2. The van der Waals surface area contributed by atoms with E-state index >= 15 is 0 Å². The van der Waals surface area contributed by atoms with Crippen LogP contribution in [0.1, 0.15) is 22.4 Å². The van der Waals surface area contributed by atoms with Gasteiger partial charge in [-0.1, -0.05) is 0 Å². The van der Waals surface area contributed by atoms with Gasteiger partial charge in [0.2, 0.25) is 0 Å². The lowest BCUT2D eigenvalue weighted by Crippen LogP contribution is -1.97. The van der Waals surface area contributed by atoms with Gasteiger partial charge in [-0.3, -0.25) is 0 Å². The summed E-state index contributed by atoms with van der Waals surface area (Å²) < 4.78 is 5.43. The Labute approximate surface area is 107 Å². The zero-order valence-corrected chi connectivity index (χ0v) is 11.5. The van der Waals surface area contributed by atoms with Crippen LogP contribution in [0.25, 0.3) is 11.3 Å². The highest BCUT2D eigenvalue weighted by molar-refractivity contribution is 5.71. The lowest BCUT2D eigenvalue weighted by molar-refractivity contribution is 0.408. The van der Waals surface area contributed by atoms with Crippen molar-refractivity contribution >= 4 is 5.95 Å². The lowest BCUT2D eigenvalue weighted by atomic mass is 9.96. The predicted octanol–water partition coefficient (Wildman–Crippen LogP) is 2.90. The van der Waals surface area contributed by atoms with E-state index in [1.807, 2.05) is 13.8 Å². The lowest BCUT2D eigenvalue weighted by Gasteiger charge is -2.15. The van der Waals surface area contributed by atoms with Gasteiger partial charge in [0.05, 0.1) is 12.8 Å². The minimum Gasteiger partial charge on any atom is -0.496 e. The zero-order valence-electron chi connectivity index (χ0n) is 11.5. The summed E-state index contributed by atoms with van der Waals surface area (Å²) in [5, 5.41) is 0. The molecule has 0 aliphatic rings. The number of nitrogens with one attached hydrogen (secondary N) is 1. The maximum atomic E-state index is 5.71. The number of H-pyrrole nitrogens is 1. The molecule has 0 amide bonds. The topological polar surface area (TPSA) is 63.9 Å². The molecule has 2 aromatic rings. The number of methoxy groups -OCH3 is 1. The molecule has 4 nitrogen and oxygen atoms in total. The van der Waals surface area contributed by atoms with Gasteiger partial charge in [0.1, 0.15) is 5.75 Å². The molecule has 0 bridgehead atoms. The van der Waals surface area contributed by atoms with E-state index in [1.54, 1.807) is 7.11 Å². The number of hydrogen-bond donors (Lipinski definition) is 2. The Morgan fingerprint density at radius 1 is 1.17 bits per heavy atom. The van der Waals surface area contributed by atoms with Crippen LogP contribution in [0.3, 0.4) is 0 Å². The van der Waals surface area contributed by atoms with Crippen LogP contribution in [0, 0.1) is 27.7 Å². The maximum absolute atomic E-state index is 5.71. The van der Waals surface area contributed by atoms with Gasteiger partial charge in [0.15, 0.2) is 5.95 Å². The number of nitrogens with two attached hydrogens (primary N) is 1. The Balaban J connectivity index is 2.70. The van der Waals surface area contributed by atoms with Crippen molar-refractivity contribution in [2.75, 3.05) is 12.8 Å². The summed E-state index contributed by atoms with van der Waals surface area (Å²) in [5.74, 6) is 1.39. The summed E-state index contributed by atoms with van der Waals surface area (Å²) in [6.45, 7) is 8.17. The fraction of sp³-hybridized carbons (Fsp3) is 0.357. The van der Waals surface area contributed by atoms with E-state index in [-0.39, 0.29) is 0 Å². The number of hydrogen-bond acceptors (Lipinski definition) is 3. The minimum absolute atomic E-state index is 0.452. The van der Waals surface area contributed by atoms with Crippen molar-refractivity contribution in [2.24, 2.45) is 0 Å². The fourth-order valence-corrected chi connectivity index (χ4v) is 2.36. The number of nitrogen functional groups attached to an aromatic ring is 1. The molecule has 1 heterocycles. The first-order valence-corrected chi connectivity index (χ1v) is 5.93. The van der Waals surface area contributed by atoms with Crippen LogP contribution in [0.5, 0.6) is 5.75 Å². The van der Waals surface area contributed by atoms with E-state index in [2.05, 4.69) is 29.9 Å². The molecule has 2 rings (SSSR count). The number of imidazole rings is 1. The van der Waals surface area contributed by atoms with Crippen LogP contribution in [-0.2, 0) is 0 Å². The van der Waals surface area contributed by atoms with E-state index in [9.17, 15) is 0 Å². The molecule has 0 atom stereocenters. The minimum atomic E-state index is 0.452. The molecule has 0 aliphatic heterocycles. The van der Waals surface area contributed by atoms with Crippen LogP contribution in [0.2, 0.25) is 0 Å². The van der Waals surface area contributed by atoms with Crippen molar-refractivity contribution in [2.45, 2.75) is 27.7 Å². The first-order chi connectivity index (χ1) is 8.45. The number of rotatable bonds is 2. The van der Waals surface area contributed by atoms with Gasteiger partial charge in [-0.15, -0.1) is 0 Å². The molecule has 0 spiro atoms. The standard InChI is InChI=1S/C14H19N3O/c1-7-6-11(8(2)9(3)13(7)18-5)12-10(4)16-14(15)17-12/h6H,1-5H3,(H3,15,16,17). The van der Waals surface area contributed by atoms with E-state index in [1.165, 1.54) is 5.56 Å². The molecule has 3 N–H and O–H groups in total. The highest BCUT2D eigenvalue weighted by Crippen LogP contribution is 2.34. The van der Waals surface area contributed by atoms with Crippen molar-refractivity contribution in [1.29, 1.82) is 0 Å². The molecular weight excluding hydrogens is 226 g/mol. The first-order valence-electron chi connectivity index (χ1n) is 5.93. The Morgan fingerprint density at radius 3 is 2.33 bits per heavy atom. The summed E-state index contributed by atoms with van der Waals surface area (Å²) in [5.41, 5.74) is 12.1. The molecule has 0 radical (unpaired) electrons. The first kappa shape index (κ1) is 12.5. The van der Waals surface area contributed by atoms with E-state index in [0.29, 0.717) is 5.95 Å².